The third kappa shape index (κ3) is 4.11. The highest BCUT2D eigenvalue weighted by molar-refractivity contribution is 7.98. The molecule has 80 valence electrons. The number of nitrogens with one attached hydrogen (secondary N) is 1. The van der Waals surface area contributed by atoms with Crippen LogP contribution >= 0.6 is 11.8 Å². The molecule has 0 aliphatic heterocycles. The Morgan fingerprint density at radius 2 is 2.14 bits per heavy atom. The third-order valence-corrected chi connectivity index (χ3v) is 2.32. The van der Waals surface area contributed by atoms with Crippen molar-refractivity contribution in [2.75, 3.05) is 6.54 Å². The van der Waals surface area contributed by atoms with Crippen LogP contribution in [0.1, 0.15) is 18.4 Å². The summed E-state index contributed by atoms with van der Waals surface area (Å²) in [6, 6.07) is 3.55. The van der Waals surface area contributed by atoms with Gasteiger partial charge in [0.25, 0.3) is 5.76 Å². The van der Waals surface area contributed by atoms with Gasteiger partial charge in [-0.1, -0.05) is 18.7 Å². The topological polar surface area (TPSA) is 25.2 Å². The van der Waals surface area contributed by atoms with Crippen LogP contribution in [-0.4, -0.2) is 12.3 Å². The highest BCUT2D eigenvalue weighted by Crippen LogP contribution is 2.21. The van der Waals surface area contributed by atoms with Crippen LogP contribution in [-0.2, 0) is 12.3 Å². The van der Waals surface area contributed by atoms with Gasteiger partial charge < -0.3 is 9.73 Å². The maximum Gasteiger partial charge on any atom is 0.284 e. The van der Waals surface area contributed by atoms with E-state index in [-0.39, 0.29) is 5.75 Å². The van der Waals surface area contributed by atoms with E-state index in [2.05, 4.69) is 5.32 Å². The molecule has 0 amide bonds. The summed E-state index contributed by atoms with van der Waals surface area (Å²) in [5.74, 6) is -0.721. The fourth-order valence-corrected chi connectivity index (χ4v) is 1.43. The van der Waals surface area contributed by atoms with Crippen LogP contribution in [0.15, 0.2) is 16.5 Å². The van der Waals surface area contributed by atoms with E-state index in [0.29, 0.717) is 24.1 Å². The molecular formula is C9H13F2NOS. The first-order valence-electron chi connectivity index (χ1n) is 4.40. The summed E-state index contributed by atoms with van der Waals surface area (Å²) in [6.07, 6.45) is 0. The van der Waals surface area contributed by atoms with Gasteiger partial charge in [-0.05, 0) is 18.7 Å². The lowest BCUT2D eigenvalue weighted by atomic mass is 10.4. The molecule has 0 unspecified atom stereocenters. The first-order chi connectivity index (χ1) is 6.72. The van der Waals surface area contributed by atoms with Crippen LogP contribution in [0.4, 0.5) is 8.78 Å². The van der Waals surface area contributed by atoms with E-state index in [1.165, 1.54) is 0 Å². The van der Waals surface area contributed by atoms with Gasteiger partial charge in [0, 0.05) is 0 Å². The van der Waals surface area contributed by atoms with Gasteiger partial charge in [-0.25, -0.2) is 0 Å². The second kappa shape index (κ2) is 6.03. The van der Waals surface area contributed by atoms with Gasteiger partial charge in [0.05, 0.1) is 12.3 Å². The van der Waals surface area contributed by atoms with Crippen molar-refractivity contribution in [1.29, 1.82) is 0 Å². The molecular weight excluding hydrogens is 208 g/mol. The predicted octanol–water partition coefficient (Wildman–Crippen LogP) is 2.84. The number of hydrogen-bond donors (Lipinski definition) is 1. The van der Waals surface area contributed by atoms with Crippen LogP contribution in [0.2, 0.25) is 0 Å². The monoisotopic (exact) mass is 221 g/mol. The number of hydrogen-bond acceptors (Lipinski definition) is 3. The lowest BCUT2D eigenvalue weighted by Gasteiger charge is -1.98. The van der Waals surface area contributed by atoms with E-state index in [1.54, 1.807) is 6.07 Å². The van der Waals surface area contributed by atoms with E-state index in [1.807, 2.05) is 13.0 Å². The summed E-state index contributed by atoms with van der Waals surface area (Å²) in [6.45, 7) is 3.51. The average Bonchev–Trinajstić information content (AvgIpc) is 2.59. The van der Waals surface area contributed by atoms with Gasteiger partial charge in [0.2, 0.25) is 0 Å². The molecule has 2 nitrogen and oxygen atoms in total. The van der Waals surface area contributed by atoms with Gasteiger partial charge >= 0.3 is 0 Å². The van der Waals surface area contributed by atoms with Crippen LogP contribution < -0.4 is 5.32 Å². The Hall–Kier alpha value is -0.550. The molecule has 0 radical (unpaired) electrons. The van der Waals surface area contributed by atoms with Gasteiger partial charge in [0.1, 0.15) is 11.5 Å². The molecule has 0 aliphatic carbocycles. The zero-order valence-corrected chi connectivity index (χ0v) is 8.74. The van der Waals surface area contributed by atoms with E-state index in [9.17, 15) is 8.78 Å². The molecule has 0 saturated heterocycles. The molecule has 0 atom stereocenters. The molecule has 0 spiro atoms. The molecule has 1 aromatic rings. The maximum absolute atomic E-state index is 11.8. The van der Waals surface area contributed by atoms with Crippen molar-refractivity contribution >= 4 is 11.8 Å². The molecule has 1 rings (SSSR count). The van der Waals surface area contributed by atoms with Gasteiger partial charge in [-0.15, -0.1) is 0 Å². The summed E-state index contributed by atoms with van der Waals surface area (Å²) >= 11 is 0.574. The predicted molar refractivity (Wildman–Crippen MR) is 53.4 cm³/mol. The highest BCUT2D eigenvalue weighted by atomic mass is 32.2. The first kappa shape index (κ1) is 11.5. The van der Waals surface area contributed by atoms with E-state index < -0.39 is 5.76 Å². The minimum absolute atomic E-state index is 0.226. The Labute approximate surface area is 86.1 Å². The maximum atomic E-state index is 11.8. The summed E-state index contributed by atoms with van der Waals surface area (Å²) in [5, 5.41) is 3.09. The van der Waals surface area contributed by atoms with Crippen molar-refractivity contribution in [2.45, 2.75) is 25.0 Å². The second-order valence-corrected chi connectivity index (χ2v) is 3.70. The average molecular weight is 221 g/mol. The summed E-state index contributed by atoms with van der Waals surface area (Å²) in [5.41, 5.74) is 0. The van der Waals surface area contributed by atoms with E-state index in [0.717, 1.165) is 12.3 Å². The van der Waals surface area contributed by atoms with Crippen molar-refractivity contribution in [3.05, 3.63) is 23.7 Å². The molecule has 0 fully saturated rings. The molecule has 0 aromatic carbocycles. The fraction of sp³-hybridized carbons (Fsp3) is 0.556. The minimum Gasteiger partial charge on any atom is -0.464 e. The Kier molecular flexibility index (Phi) is 4.97. The Morgan fingerprint density at radius 1 is 1.43 bits per heavy atom. The van der Waals surface area contributed by atoms with Crippen molar-refractivity contribution in [3.8, 4) is 0 Å². The summed E-state index contributed by atoms with van der Waals surface area (Å²) in [7, 11) is 0. The van der Waals surface area contributed by atoms with Gasteiger partial charge in [-0.3, -0.25) is 0 Å². The quantitative estimate of drug-likeness (QED) is 0.799. The zero-order valence-electron chi connectivity index (χ0n) is 7.93. The Balaban J connectivity index is 2.35. The minimum atomic E-state index is -2.34. The number of halogens is 2. The van der Waals surface area contributed by atoms with Crippen LogP contribution in [0.5, 0.6) is 0 Å². The molecule has 5 heteroatoms. The SMILES string of the molecule is CCNCc1ccc(CSC(F)F)o1. The van der Waals surface area contributed by atoms with Crippen LogP contribution in [0.25, 0.3) is 0 Å². The fourth-order valence-electron chi connectivity index (χ4n) is 0.988. The van der Waals surface area contributed by atoms with Crippen LogP contribution in [0.3, 0.4) is 0 Å². The number of rotatable bonds is 6. The van der Waals surface area contributed by atoms with E-state index >= 15 is 0 Å². The normalized spacial score (nSPS) is 11.1. The highest BCUT2D eigenvalue weighted by Gasteiger charge is 2.06. The molecule has 0 aliphatic rings. The second-order valence-electron chi connectivity index (χ2n) is 2.72. The van der Waals surface area contributed by atoms with Crippen molar-refractivity contribution < 1.29 is 13.2 Å². The van der Waals surface area contributed by atoms with Gasteiger partial charge in [-0.2, -0.15) is 8.78 Å². The molecule has 1 N–H and O–H groups in total. The van der Waals surface area contributed by atoms with Gasteiger partial charge in [0.15, 0.2) is 0 Å². The van der Waals surface area contributed by atoms with Crippen LogP contribution in [0, 0.1) is 0 Å². The van der Waals surface area contributed by atoms with E-state index in [4.69, 9.17) is 4.42 Å². The standard InChI is InChI=1S/C9H13F2NOS/c1-2-12-5-7-3-4-8(13-7)6-14-9(10)11/h3-4,9,12H,2,5-6H2,1H3. The summed E-state index contributed by atoms with van der Waals surface area (Å²) < 4.78 is 29.0. The zero-order chi connectivity index (χ0) is 10.4. The molecule has 1 aromatic heterocycles. The molecule has 14 heavy (non-hydrogen) atoms. The third-order valence-electron chi connectivity index (χ3n) is 1.62. The van der Waals surface area contributed by atoms with Crippen molar-refractivity contribution in [3.63, 3.8) is 0 Å². The lowest BCUT2D eigenvalue weighted by molar-refractivity contribution is 0.251. The molecule has 0 saturated carbocycles. The number of furan rings is 1. The largest absolute Gasteiger partial charge is 0.464 e. The number of thioether (sulfide) groups is 1. The Bertz CT molecular complexity index is 265. The lowest BCUT2D eigenvalue weighted by Crippen LogP contribution is -2.10. The number of alkyl halides is 2. The Morgan fingerprint density at radius 3 is 2.79 bits per heavy atom. The summed E-state index contributed by atoms with van der Waals surface area (Å²) in [4.78, 5) is 0. The van der Waals surface area contributed by atoms with Crippen molar-refractivity contribution in [1.82, 2.24) is 5.32 Å². The molecule has 1 heterocycles. The first-order valence-corrected chi connectivity index (χ1v) is 5.45. The van der Waals surface area contributed by atoms with Crippen molar-refractivity contribution in [2.24, 2.45) is 0 Å². The smallest absolute Gasteiger partial charge is 0.284 e. The molecule has 0 bridgehead atoms.